The number of sulfonamides is 1. The first-order valence-corrected chi connectivity index (χ1v) is 7.78. The molecule has 4 nitrogen and oxygen atoms in total. The van der Waals surface area contributed by atoms with Crippen molar-refractivity contribution in [3.8, 4) is 0 Å². The first-order valence-electron chi connectivity index (χ1n) is 6.17. The van der Waals surface area contributed by atoms with Crippen molar-refractivity contribution >= 4 is 15.8 Å². The number of halogens is 3. The molecule has 0 radical (unpaired) electrons. The summed E-state index contributed by atoms with van der Waals surface area (Å²) in [5.74, 6) is -0.918. The van der Waals surface area contributed by atoms with Crippen molar-refractivity contribution in [1.29, 1.82) is 0 Å². The number of hydrogen-bond donors (Lipinski definition) is 0. The molecule has 1 fully saturated rings. The molecule has 0 aromatic heterocycles. The van der Waals surface area contributed by atoms with Crippen LogP contribution in [-0.2, 0) is 14.8 Å². The minimum absolute atomic E-state index is 0.0739. The Bertz CT molecular complexity index is 419. The van der Waals surface area contributed by atoms with Gasteiger partial charge in [-0.15, -0.1) is 0 Å². The van der Waals surface area contributed by atoms with Gasteiger partial charge < -0.3 is 0 Å². The van der Waals surface area contributed by atoms with E-state index in [1.165, 1.54) is 6.92 Å². The number of alkyl halides is 3. The van der Waals surface area contributed by atoms with Crippen molar-refractivity contribution in [2.75, 3.05) is 18.8 Å². The van der Waals surface area contributed by atoms with Crippen molar-refractivity contribution < 1.29 is 26.4 Å². The molecular formula is C11H18F3NO3S. The largest absolute Gasteiger partial charge is 0.389 e. The van der Waals surface area contributed by atoms with Crippen LogP contribution in [0.15, 0.2) is 0 Å². The predicted molar refractivity (Wildman–Crippen MR) is 64.1 cm³/mol. The van der Waals surface area contributed by atoms with E-state index in [0.717, 1.165) is 4.31 Å². The Labute approximate surface area is 111 Å². The van der Waals surface area contributed by atoms with Crippen LogP contribution in [0.4, 0.5) is 13.2 Å². The number of rotatable bonds is 5. The number of piperidine rings is 1. The number of ketones is 1. The average molecular weight is 301 g/mol. The first-order chi connectivity index (χ1) is 8.62. The number of hydrogen-bond acceptors (Lipinski definition) is 3. The molecule has 0 saturated carbocycles. The number of carbonyl (C=O) groups excluding carboxylic acids is 1. The molecule has 1 heterocycles. The molecule has 1 atom stereocenters. The van der Waals surface area contributed by atoms with Gasteiger partial charge in [0.25, 0.3) is 0 Å². The quantitative estimate of drug-likeness (QED) is 0.780. The molecule has 1 aliphatic heterocycles. The van der Waals surface area contributed by atoms with Crippen LogP contribution in [0.3, 0.4) is 0 Å². The minimum atomic E-state index is -4.33. The molecule has 0 aromatic carbocycles. The molecule has 1 unspecified atom stereocenters. The van der Waals surface area contributed by atoms with Gasteiger partial charge in [-0.25, -0.2) is 12.7 Å². The van der Waals surface area contributed by atoms with E-state index in [-0.39, 0.29) is 24.8 Å². The number of carbonyl (C=O) groups is 1. The molecule has 1 rings (SSSR count). The third-order valence-electron chi connectivity index (χ3n) is 3.21. The van der Waals surface area contributed by atoms with Gasteiger partial charge in [0.2, 0.25) is 10.0 Å². The molecule has 1 saturated heterocycles. The summed E-state index contributed by atoms with van der Waals surface area (Å²) in [6, 6.07) is 0. The fourth-order valence-electron chi connectivity index (χ4n) is 2.11. The summed E-state index contributed by atoms with van der Waals surface area (Å²) in [6.07, 6.45) is -4.66. The Kier molecular flexibility index (Phi) is 5.37. The lowest BCUT2D eigenvalue weighted by atomic mass is 9.96. The molecular weight excluding hydrogens is 283 g/mol. The lowest BCUT2D eigenvalue weighted by Crippen LogP contribution is -2.42. The van der Waals surface area contributed by atoms with Crippen molar-refractivity contribution in [2.45, 2.75) is 38.8 Å². The van der Waals surface area contributed by atoms with E-state index in [1.54, 1.807) is 0 Å². The van der Waals surface area contributed by atoms with Gasteiger partial charge in [-0.2, -0.15) is 13.2 Å². The van der Waals surface area contributed by atoms with Crippen molar-refractivity contribution in [3.63, 3.8) is 0 Å². The molecule has 0 amide bonds. The summed E-state index contributed by atoms with van der Waals surface area (Å²) in [4.78, 5) is 11.2. The fraction of sp³-hybridized carbons (Fsp3) is 0.909. The highest BCUT2D eigenvalue weighted by Crippen LogP contribution is 2.24. The maximum absolute atomic E-state index is 12.0. The lowest BCUT2D eigenvalue weighted by Gasteiger charge is -2.30. The van der Waals surface area contributed by atoms with E-state index in [2.05, 4.69) is 0 Å². The molecule has 0 aromatic rings. The Morgan fingerprint density at radius 3 is 2.53 bits per heavy atom. The highest BCUT2D eigenvalue weighted by molar-refractivity contribution is 7.89. The number of nitrogens with zero attached hydrogens (tertiary/aromatic N) is 1. The third-order valence-corrected chi connectivity index (χ3v) is 5.14. The Morgan fingerprint density at radius 2 is 2.00 bits per heavy atom. The van der Waals surface area contributed by atoms with Crippen LogP contribution < -0.4 is 0 Å². The molecule has 0 spiro atoms. The second kappa shape index (κ2) is 6.21. The maximum Gasteiger partial charge on any atom is 0.389 e. The first kappa shape index (κ1) is 16.4. The van der Waals surface area contributed by atoms with E-state index in [1.807, 2.05) is 0 Å². The summed E-state index contributed by atoms with van der Waals surface area (Å²) >= 11 is 0. The predicted octanol–water partition coefficient (Wildman–Crippen LogP) is 1.96. The van der Waals surface area contributed by atoms with Crippen LogP contribution in [0.1, 0.15) is 32.6 Å². The molecule has 112 valence electrons. The van der Waals surface area contributed by atoms with Gasteiger partial charge in [-0.1, -0.05) is 0 Å². The SMILES string of the molecule is CC(=O)C1CCCN(S(=O)(=O)CCCC(F)(F)F)C1. The molecule has 0 N–H and O–H groups in total. The molecule has 8 heteroatoms. The summed E-state index contributed by atoms with van der Waals surface area (Å²) in [6.45, 7) is 1.80. The third kappa shape index (κ3) is 5.48. The average Bonchev–Trinajstić information content (AvgIpc) is 2.27. The maximum atomic E-state index is 12.0. The minimum Gasteiger partial charge on any atom is -0.300 e. The van der Waals surface area contributed by atoms with Crippen LogP contribution in [0, 0.1) is 5.92 Å². The van der Waals surface area contributed by atoms with E-state index in [9.17, 15) is 26.4 Å². The second-order valence-electron chi connectivity index (χ2n) is 4.84. The zero-order chi connectivity index (χ0) is 14.7. The Balaban J connectivity index is 2.55. The molecule has 1 aliphatic rings. The van der Waals surface area contributed by atoms with Crippen LogP contribution in [0.25, 0.3) is 0 Å². The van der Waals surface area contributed by atoms with Gasteiger partial charge in [0.15, 0.2) is 0 Å². The van der Waals surface area contributed by atoms with E-state index in [0.29, 0.717) is 12.8 Å². The monoisotopic (exact) mass is 301 g/mol. The van der Waals surface area contributed by atoms with Crippen LogP contribution in [0.2, 0.25) is 0 Å². The topological polar surface area (TPSA) is 54.5 Å². The van der Waals surface area contributed by atoms with Gasteiger partial charge in [0.05, 0.1) is 5.75 Å². The summed E-state index contributed by atoms with van der Waals surface area (Å²) in [5, 5.41) is 0. The van der Waals surface area contributed by atoms with E-state index < -0.39 is 34.8 Å². The Hall–Kier alpha value is -0.630. The molecule has 0 aliphatic carbocycles. The summed E-state index contributed by atoms with van der Waals surface area (Å²) in [5.41, 5.74) is 0. The van der Waals surface area contributed by atoms with Crippen LogP contribution in [0.5, 0.6) is 0 Å². The zero-order valence-corrected chi connectivity index (χ0v) is 11.6. The van der Waals surface area contributed by atoms with Crippen LogP contribution in [-0.4, -0.2) is 43.5 Å². The van der Waals surface area contributed by atoms with E-state index in [4.69, 9.17) is 0 Å². The van der Waals surface area contributed by atoms with Crippen molar-refractivity contribution in [2.24, 2.45) is 5.92 Å². The number of Topliss-reactive ketones (excluding diaryl/α,β-unsaturated/α-hetero) is 1. The normalized spacial score (nSPS) is 22.4. The van der Waals surface area contributed by atoms with Crippen molar-refractivity contribution in [1.82, 2.24) is 4.31 Å². The van der Waals surface area contributed by atoms with Gasteiger partial charge in [-0.3, -0.25) is 4.79 Å². The van der Waals surface area contributed by atoms with Crippen LogP contribution >= 0.6 is 0 Å². The highest BCUT2D eigenvalue weighted by Gasteiger charge is 2.32. The standard InChI is InChI=1S/C11H18F3NO3S/c1-9(16)10-4-2-6-15(8-10)19(17,18)7-3-5-11(12,13)14/h10H,2-8H2,1H3. The lowest BCUT2D eigenvalue weighted by molar-refractivity contribution is -0.134. The molecule has 0 bridgehead atoms. The van der Waals surface area contributed by atoms with Crippen molar-refractivity contribution in [3.05, 3.63) is 0 Å². The molecule has 19 heavy (non-hydrogen) atoms. The highest BCUT2D eigenvalue weighted by atomic mass is 32.2. The summed E-state index contributed by atoms with van der Waals surface area (Å²) in [7, 11) is -3.69. The second-order valence-corrected chi connectivity index (χ2v) is 6.93. The van der Waals surface area contributed by atoms with E-state index >= 15 is 0 Å². The van der Waals surface area contributed by atoms with Gasteiger partial charge >= 0.3 is 6.18 Å². The summed E-state index contributed by atoms with van der Waals surface area (Å²) < 4.78 is 60.9. The van der Waals surface area contributed by atoms with Gasteiger partial charge in [-0.05, 0) is 26.2 Å². The fourth-order valence-corrected chi connectivity index (χ4v) is 3.69. The zero-order valence-electron chi connectivity index (χ0n) is 10.7. The van der Waals surface area contributed by atoms with Gasteiger partial charge in [0, 0.05) is 25.4 Å². The Morgan fingerprint density at radius 1 is 1.37 bits per heavy atom. The smallest absolute Gasteiger partial charge is 0.300 e. The van der Waals surface area contributed by atoms with Gasteiger partial charge in [0.1, 0.15) is 5.78 Å².